The second kappa shape index (κ2) is 12.0. The smallest absolute Gasteiger partial charge is 1.00 e. The quantitative estimate of drug-likeness (QED) is 0.280. The fraction of sp³-hybridized carbons (Fsp3) is 1.00. The van der Waals surface area contributed by atoms with Crippen LogP contribution in [0.2, 0.25) is 0 Å². The van der Waals surface area contributed by atoms with E-state index in [9.17, 15) is 9.46 Å². The predicted octanol–water partition coefficient (Wildman–Crippen LogP) is 6.03. The average molecular weight is 393 g/mol. The van der Waals surface area contributed by atoms with E-state index in [0.717, 1.165) is 19.3 Å². The first-order chi connectivity index (χ1) is 10.2. The van der Waals surface area contributed by atoms with Crippen LogP contribution in [-0.4, -0.2) is 55.3 Å². The molecule has 0 aliphatic heterocycles. The third kappa shape index (κ3) is 18.2. The third-order valence-corrected chi connectivity index (χ3v) is 4.65. The zero-order valence-electron chi connectivity index (χ0n) is 19.2. The summed E-state index contributed by atoms with van der Waals surface area (Å²) in [5.74, 6) is 0.666. The molecule has 0 aliphatic rings. The van der Waals surface area contributed by atoms with Crippen LogP contribution in [0.3, 0.4) is 0 Å². The fourth-order valence-corrected chi connectivity index (χ4v) is 4.03. The van der Waals surface area contributed by atoms with Crippen molar-refractivity contribution in [3.8, 4) is 0 Å². The van der Waals surface area contributed by atoms with Crippen molar-refractivity contribution in [2.45, 2.75) is 93.6 Å². The molecule has 6 heteroatoms. The molecule has 3 unspecified atom stereocenters. The van der Waals surface area contributed by atoms with E-state index in [1.807, 2.05) is 6.92 Å². The summed E-state index contributed by atoms with van der Waals surface area (Å²) < 4.78 is 22.2. The monoisotopic (exact) mass is 392 g/mol. The van der Waals surface area contributed by atoms with Gasteiger partial charge in [-0.15, -0.1) is 0 Å². The van der Waals surface area contributed by atoms with Gasteiger partial charge in [-0.05, 0) is 42.9 Å². The van der Waals surface area contributed by atoms with Crippen molar-refractivity contribution in [1.29, 1.82) is 0 Å². The Kier molecular flexibility index (Phi) is 13.7. The van der Waals surface area contributed by atoms with E-state index in [1.165, 1.54) is 6.42 Å². The summed E-state index contributed by atoms with van der Waals surface area (Å²) in [6, 6.07) is 0. The number of phosphoric acid groups is 1. The van der Waals surface area contributed by atoms with E-state index < -0.39 is 7.82 Å². The molecule has 4 nitrogen and oxygen atoms in total. The van der Waals surface area contributed by atoms with Gasteiger partial charge < -0.3 is 7.75 Å². The minimum Gasteiger partial charge on any atom is -1.00 e. The molecule has 24 heavy (non-hydrogen) atoms. The van der Waals surface area contributed by atoms with Gasteiger partial charge >= 0.3 is 45.6 Å². The molecule has 0 rings (SSSR count). The molecule has 0 bridgehead atoms. The van der Waals surface area contributed by atoms with Crippen molar-refractivity contribution in [3.05, 3.63) is 0 Å². The Balaban J connectivity index is -0.000000807. The molecule has 144 valence electrons. The number of rotatable bonds is 10. The molecule has 0 fully saturated rings. The van der Waals surface area contributed by atoms with Crippen molar-refractivity contribution < 1.29 is 21.4 Å². The van der Waals surface area contributed by atoms with E-state index in [0.29, 0.717) is 17.8 Å². The zero-order chi connectivity index (χ0) is 18.3. The Morgan fingerprint density at radius 3 is 1.96 bits per heavy atom. The molecule has 1 N–H and O–H groups in total. The maximum absolute atomic E-state index is 11.9. The van der Waals surface area contributed by atoms with Gasteiger partial charge in [0.2, 0.25) is 0 Å². The van der Waals surface area contributed by atoms with Crippen LogP contribution in [0.5, 0.6) is 0 Å². The number of phosphoric ester groups is 1. The third-order valence-electron chi connectivity index (χ3n) is 3.52. The number of unbranched alkanes of at least 4 members (excludes halogenated alkanes) is 1. The molecular weight excluding hydrogens is 351 g/mol. The molecule has 0 aromatic heterocycles. The summed E-state index contributed by atoms with van der Waals surface area (Å²) >= 11 is 0. The SMILES string of the molecule is CC(CCCCOP(=O)(O)OC(C)CC(C)(C)C)CC(C)(C)C.[Ca+2].[H-].[H-]. The van der Waals surface area contributed by atoms with Crippen LogP contribution in [0, 0.1) is 16.7 Å². The predicted molar refractivity (Wildman–Crippen MR) is 105 cm³/mol. The minimum absolute atomic E-state index is 0. The van der Waals surface area contributed by atoms with Gasteiger partial charge in [-0.3, -0.25) is 9.05 Å². The number of hydrogen-bond donors (Lipinski definition) is 1. The normalized spacial score (nSPS) is 17.7. The van der Waals surface area contributed by atoms with Crippen LogP contribution in [0.1, 0.15) is 90.3 Å². The van der Waals surface area contributed by atoms with Crippen LogP contribution in [0.15, 0.2) is 0 Å². The van der Waals surface area contributed by atoms with Crippen molar-refractivity contribution in [2.75, 3.05) is 6.61 Å². The van der Waals surface area contributed by atoms with E-state index in [2.05, 4.69) is 48.5 Å². The summed E-state index contributed by atoms with van der Waals surface area (Å²) in [5.41, 5.74) is 0.413. The molecule has 0 saturated carbocycles. The Bertz CT molecular complexity index is 384. The Hall–Kier alpha value is 1.37. The summed E-state index contributed by atoms with van der Waals surface area (Å²) in [5, 5.41) is 0. The average Bonchev–Trinajstić information content (AvgIpc) is 2.21. The van der Waals surface area contributed by atoms with Gasteiger partial charge in [0.25, 0.3) is 0 Å². The Morgan fingerprint density at radius 1 is 1.00 bits per heavy atom. The van der Waals surface area contributed by atoms with E-state index in [1.54, 1.807) is 0 Å². The standard InChI is InChI=1S/C18H39O4P.Ca.2H/c1-15(13-17(3,4)5)11-9-10-12-21-23(19,20)22-16(2)14-18(6,7)8;;;/h15-16H,9-14H2,1-8H3,(H,19,20);;;/q;+2;2*-1. The minimum atomic E-state index is -3.93. The van der Waals surface area contributed by atoms with Gasteiger partial charge in [0.05, 0.1) is 12.7 Å². The molecular formula is C18H41CaO4P. The van der Waals surface area contributed by atoms with Gasteiger partial charge in [-0.1, -0.05) is 61.3 Å². The Labute approximate surface area is 183 Å². The summed E-state index contributed by atoms with van der Waals surface area (Å²) in [7, 11) is -3.93. The van der Waals surface area contributed by atoms with Crippen molar-refractivity contribution in [1.82, 2.24) is 0 Å². The molecule has 0 saturated heterocycles. The van der Waals surface area contributed by atoms with Gasteiger partial charge in [0.1, 0.15) is 0 Å². The first-order valence-corrected chi connectivity index (χ1v) is 10.4. The largest absolute Gasteiger partial charge is 2.00 e. The summed E-state index contributed by atoms with van der Waals surface area (Å²) in [4.78, 5) is 9.75. The van der Waals surface area contributed by atoms with Gasteiger partial charge in [-0.2, -0.15) is 0 Å². The second-order valence-corrected chi connectivity index (χ2v) is 10.8. The van der Waals surface area contributed by atoms with E-state index in [4.69, 9.17) is 9.05 Å². The van der Waals surface area contributed by atoms with Crippen molar-refractivity contribution in [2.24, 2.45) is 16.7 Å². The molecule has 3 atom stereocenters. The molecule has 0 radical (unpaired) electrons. The first-order valence-electron chi connectivity index (χ1n) is 8.86. The summed E-state index contributed by atoms with van der Waals surface area (Å²) in [6.07, 6.45) is 4.53. The molecule has 0 aliphatic carbocycles. The van der Waals surface area contributed by atoms with Crippen LogP contribution >= 0.6 is 7.82 Å². The molecule has 0 heterocycles. The second-order valence-electron chi connectivity index (χ2n) is 9.35. The topological polar surface area (TPSA) is 55.8 Å². The fourth-order valence-electron chi connectivity index (χ4n) is 3.08. The Morgan fingerprint density at radius 2 is 1.50 bits per heavy atom. The summed E-state index contributed by atoms with van der Waals surface area (Å²) in [6.45, 7) is 17.3. The number of hydrogen-bond acceptors (Lipinski definition) is 3. The van der Waals surface area contributed by atoms with Crippen LogP contribution in [0.25, 0.3) is 0 Å². The van der Waals surface area contributed by atoms with Crippen molar-refractivity contribution in [3.63, 3.8) is 0 Å². The van der Waals surface area contributed by atoms with Crippen LogP contribution < -0.4 is 0 Å². The van der Waals surface area contributed by atoms with Crippen LogP contribution in [0.4, 0.5) is 0 Å². The van der Waals surface area contributed by atoms with Gasteiger partial charge in [-0.25, -0.2) is 4.57 Å². The molecule has 0 aromatic carbocycles. The van der Waals surface area contributed by atoms with E-state index in [-0.39, 0.29) is 58.7 Å². The van der Waals surface area contributed by atoms with Gasteiger partial charge in [0, 0.05) is 0 Å². The molecule has 0 amide bonds. The maximum Gasteiger partial charge on any atom is 2.00 e. The first kappa shape index (κ1) is 27.6. The molecule has 0 aromatic rings. The zero-order valence-corrected chi connectivity index (χ0v) is 20.3. The van der Waals surface area contributed by atoms with Crippen molar-refractivity contribution >= 4 is 45.6 Å². The van der Waals surface area contributed by atoms with Gasteiger partial charge in [0.15, 0.2) is 0 Å². The molecule has 0 spiro atoms. The maximum atomic E-state index is 11.9. The van der Waals surface area contributed by atoms with Crippen LogP contribution in [-0.2, 0) is 13.6 Å². The van der Waals surface area contributed by atoms with E-state index >= 15 is 0 Å².